The molecule has 1 aliphatic rings. The van der Waals surface area contributed by atoms with Crippen molar-refractivity contribution in [3.8, 4) is 0 Å². The molecule has 1 fully saturated rings. The normalized spacial score (nSPS) is 24.2. The topological polar surface area (TPSA) is 63.3 Å². The summed E-state index contributed by atoms with van der Waals surface area (Å²) in [5.74, 6) is 1.30. The molecule has 16 heavy (non-hydrogen) atoms. The first kappa shape index (κ1) is 10.9. The minimum atomic E-state index is 0.540. The first-order valence-corrected chi connectivity index (χ1v) is 5.72. The summed E-state index contributed by atoms with van der Waals surface area (Å²) in [5, 5.41) is 3.20. The van der Waals surface area contributed by atoms with Crippen molar-refractivity contribution in [3.05, 3.63) is 30.1 Å². The second kappa shape index (κ2) is 4.96. The van der Waals surface area contributed by atoms with Crippen LogP contribution in [0.5, 0.6) is 0 Å². The van der Waals surface area contributed by atoms with Gasteiger partial charge < -0.3 is 11.1 Å². The minimum absolute atomic E-state index is 0.540. The molecule has 1 aliphatic carbocycles. The predicted octanol–water partition coefficient (Wildman–Crippen LogP) is 0.937. The highest BCUT2D eigenvalue weighted by atomic mass is 15.1. The van der Waals surface area contributed by atoms with E-state index in [2.05, 4.69) is 22.2 Å². The van der Waals surface area contributed by atoms with Crippen molar-refractivity contribution in [2.75, 3.05) is 6.54 Å². The number of nitrogens with one attached hydrogen (secondary N) is 1. The number of hydrogen-bond donors (Lipinski definition) is 2. The molecule has 4 heteroatoms. The van der Waals surface area contributed by atoms with Crippen molar-refractivity contribution < 1.29 is 0 Å². The lowest BCUT2D eigenvalue weighted by Gasteiger charge is -2.03. The Bertz CT molecular complexity index is 361. The summed E-state index contributed by atoms with van der Waals surface area (Å²) >= 11 is 0. The number of aromatic nitrogens is 1. The largest absolute Gasteiger partial charge is 0.370 e. The third-order valence-electron chi connectivity index (χ3n) is 2.82. The van der Waals surface area contributed by atoms with Gasteiger partial charge in [-0.25, -0.2) is 0 Å². The summed E-state index contributed by atoms with van der Waals surface area (Å²) in [6.45, 7) is 2.90. The zero-order valence-electron chi connectivity index (χ0n) is 9.56. The van der Waals surface area contributed by atoms with Gasteiger partial charge in [0.15, 0.2) is 5.96 Å². The predicted molar refractivity (Wildman–Crippen MR) is 65.1 cm³/mol. The lowest BCUT2D eigenvalue weighted by molar-refractivity contribution is 0.798. The molecule has 3 N–H and O–H groups in total. The van der Waals surface area contributed by atoms with Gasteiger partial charge in [-0.05, 0) is 24.5 Å². The molecule has 86 valence electrons. The van der Waals surface area contributed by atoms with Gasteiger partial charge in [0.25, 0.3) is 0 Å². The Hall–Kier alpha value is -1.58. The van der Waals surface area contributed by atoms with Crippen LogP contribution in [0.15, 0.2) is 29.4 Å². The molecule has 0 spiro atoms. The molecule has 2 unspecified atom stereocenters. The van der Waals surface area contributed by atoms with Crippen LogP contribution in [0.25, 0.3) is 0 Å². The van der Waals surface area contributed by atoms with Gasteiger partial charge in [-0.2, -0.15) is 0 Å². The monoisotopic (exact) mass is 218 g/mol. The van der Waals surface area contributed by atoms with E-state index >= 15 is 0 Å². The highest BCUT2D eigenvalue weighted by Gasteiger charge is 2.32. The maximum atomic E-state index is 5.76. The average Bonchev–Trinajstić information content (AvgIpc) is 2.95. The molecule has 0 saturated heterocycles. The van der Waals surface area contributed by atoms with Crippen molar-refractivity contribution in [1.29, 1.82) is 0 Å². The molecule has 1 saturated carbocycles. The van der Waals surface area contributed by atoms with E-state index in [0.717, 1.165) is 18.0 Å². The first-order valence-electron chi connectivity index (χ1n) is 5.72. The zero-order valence-corrected chi connectivity index (χ0v) is 9.56. The average molecular weight is 218 g/mol. The van der Waals surface area contributed by atoms with Crippen LogP contribution in [0.4, 0.5) is 0 Å². The van der Waals surface area contributed by atoms with Crippen LogP contribution in [-0.4, -0.2) is 23.5 Å². The van der Waals surface area contributed by atoms with E-state index in [4.69, 9.17) is 5.73 Å². The molecule has 2 atom stereocenters. The van der Waals surface area contributed by atoms with Crippen molar-refractivity contribution >= 4 is 5.96 Å². The van der Waals surface area contributed by atoms with E-state index in [1.807, 2.05) is 18.2 Å². The van der Waals surface area contributed by atoms with Gasteiger partial charge in [-0.1, -0.05) is 13.0 Å². The van der Waals surface area contributed by atoms with Crippen molar-refractivity contribution in [2.24, 2.45) is 16.6 Å². The lowest BCUT2D eigenvalue weighted by Crippen LogP contribution is -2.34. The van der Waals surface area contributed by atoms with E-state index < -0.39 is 0 Å². The summed E-state index contributed by atoms with van der Waals surface area (Å²) < 4.78 is 0. The van der Waals surface area contributed by atoms with Gasteiger partial charge in [-0.15, -0.1) is 0 Å². The first-order chi connectivity index (χ1) is 7.75. The molecule has 0 aliphatic heterocycles. The highest BCUT2D eigenvalue weighted by Crippen LogP contribution is 2.28. The Kier molecular flexibility index (Phi) is 3.39. The third kappa shape index (κ3) is 3.22. The molecule has 0 bridgehead atoms. The Balaban J connectivity index is 1.72. The summed E-state index contributed by atoms with van der Waals surface area (Å²) in [5.41, 5.74) is 6.81. The minimum Gasteiger partial charge on any atom is -0.370 e. The molecular formula is C12H18N4. The summed E-state index contributed by atoms with van der Waals surface area (Å²) in [7, 11) is 0. The van der Waals surface area contributed by atoms with E-state index in [-0.39, 0.29) is 0 Å². The van der Waals surface area contributed by atoms with Gasteiger partial charge >= 0.3 is 0 Å². The molecule has 0 aromatic carbocycles. The smallest absolute Gasteiger partial charge is 0.188 e. The van der Waals surface area contributed by atoms with Gasteiger partial charge in [0.1, 0.15) is 0 Å². The number of nitrogens with two attached hydrogens (primary N) is 1. The zero-order chi connectivity index (χ0) is 11.4. The number of pyridine rings is 1. The second-order valence-electron chi connectivity index (χ2n) is 4.30. The Morgan fingerprint density at radius 2 is 2.44 bits per heavy atom. The Morgan fingerprint density at radius 1 is 1.62 bits per heavy atom. The number of guanidine groups is 1. The molecule has 1 aromatic heterocycles. The van der Waals surface area contributed by atoms with Gasteiger partial charge in [-0.3, -0.25) is 9.98 Å². The highest BCUT2D eigenvalue weighted by molar-refractivity contribution is 5.78. The van der Waals surface area contributed by atoms with E-state index in [1.54, 1.807) is 6.20 Å². The van der Waals surface area contributed by atoms with Crippen molar-refractivity contribution in [2.45, 2.75) is 25.8 Å². The lowest BCUT2D eigenvalue weighted by atomic mass is 10.3. The van der Waals surface area contributed by atoms with E-state index in [1.165, 1.54) is 6.42 Å². The number of nitrogens with zero attached hydrogens (tertiary/aromatic N) is 2. The van der Waals surface area contributed by atoms with Crippen LogP contribution in [0.1, 0.15) is 19.0 Å². The summed E-state index contributed by atoms with van der Waals surface area (Å²) in [6, 6.07) is 6.44. The van der Waals surface area contributed by atoms with Crippen LogP contribution in [-0.2, 0) is 6.42 Å². The van der Waals surface area contributed by atoms with Gasteiger partial charge in [0.05, 0.1) is 0 Å². The van der Waals surface area contributed by atoms with Crippen LogP contribution in [0.2, 0.25) is 0 Å². The van der Waals surface area contributed by atoms with E-state index in [9.17, 15) is 0 Å². The second-order valence-corrected chi connectivity index (χ2v) is 4.30. The number of aliphatic imine (C=N–C) groups is 1. The molecule has 0 radical (unpaired) electrons. The molecule has 4 nitrogen and oxygen atoms in total. The standard InChI is InChI=1S/C12H18N4/c1-9-8-11(9)16-12(13)15-7-5-10-4-2-3-6-14-10/h2-4,6,9,11H,5,7-8H2,1H3,(H3,13,15,16). The fourth-order valence-corrected chi connectivity index (χ4v) is 1.60. The van der Waals surface area contributed by atoms with Gasteiger partial charge in [0.2, 0.25) is 0 Å². The summed E-state index contributed by atoms with van der Waals surface area (Å²) in [4.78, 5) is 8.51. The molecule has 0 amide bonds. The van der Waals surface area contributed by atoms with Crippen molar-refractivity contribution in [3.63, 3.8) is 0 Å². The Morgan fingerprint density at radius 3 is 3.06 bits per heavy atom. The molecule has 2 rings (SSSR count). The fourth-order valence-electron chi connectivity index (χ4n) is 1.60. The number of rotatable bonds is 4. The molecule has 1 heterocycles. The van der Waals surface area contributed by atoms with Crippen LogP contribution >= 0.6 is 0 Å². The fraction of sp³-hybridized carbons (Fsp3) is 0.500. The SMILES string of the molecule is CC1CC1NC(N)=NCCc1ccccn1. The molecule has 1 aromatic rings. The van der Waals surface area contributed by atoms with Crippen LogP contribution in [0.3, 0.4) is 0 Å². The quantitative estimate of drug-likeness (QED) is 0.584. The van der Waals surface area contributed by atoms with E-state index in [0.29, 0.717) is 18.5 Å². The Labute approximate surface area is 96.0 Å². The van der Waals surface area contributed by atoms with Crippen LogP contribution in [0, 0.1) is 5.92 Å². The van der Waals surface area contributed by atoms with Crippen LogP contribution < -0.4 is 11.1 Å². The maximum Gasteiger partial charge on any atom is 0.188 e. The molecular weight excluding hydrogens is 200 g/mol. The maximum absolute atomic E-state index is 5.76. The number of hydrogen-bond acceptors (Lipinski definition) is 2. The van der Waals surface area contributed by atoms with Gasteiger partial charge in [0, 0.05) is 30.9 Å². The van der Waals surface area contributed by atoms with Crippen molar-refractivity contribution in [1.82, 2.24) is 10.3 Å². The summed E-state index contributed by atoms with van der Waals surface area (Å²) in [6.07, 6.45) is 3.84. The third-order valence-corrected chi connectivity index (χ3v) is 2.82.